The van der Waals surface area contributed by atoms with E-state index in [9.17, 15) is 0 Å². The normalized spacial score (nSPS) is 19.6. The zero-order chi connectivity index (χ0) is 14.8. The molecule has 0 aromatic rings. The maximum Gasteiger partial charge on any atom is 0.0215 e. The minimum atomic E-state index is 0.594. The van der Waals surface area contributed by atoms with Gasteiger partial charge in [-0.1, -0.05) is 39.0 Å². The highest BCUT2D eigenvalue weighted by atomic mass is 15.1. The van der Waals surface area contributed by atoms with Gasteiger partial charge in [0.05, 0.1) is 0 Å². The van der Waals surface area contributed by atoms with Crippen molar-refractivity contribution in [1.29, 1.82) is 0 Å². The third-order valence-electron chi connectivity index (χ3n) is 4.92. The minimum absolute atomic E-state index is 0.594. The molecular weight excluding hydrogens is 246 g/mol. The molecule has 1 rings (SSSR count). The van der Waals surface area contributed by atoms with Gasteiger partial charge in [-0.15, -0.1) is 0 Å². The van der Waals surface area contributed by atoms with Crippen molar-refractivity contribution in [3.05, 3.63) is 0 Å². The topological polar surface area (TPSA) is 32.5 Å². The van der Waals surface area contributed by atoms with Crippen LogP contribution in [0.15, 0.2) is 0 Å². The highest BCUT2D eigenvalue weighted by molar-refractivity contribution is 4.76. The first-order valence-corrected chi connectivity index (χ1v) is 8.76. The average molecular weight is 284 g/mol. The molecule has 3 nitrogen and oxygen atoms in total. The molecule has 1 aliphatic rings. The summed E-state index contributed by atoms with van der Waals surface area (Å²) in [6, 6.07) is 0.594. The Bertz CT molecular complexity index is 224. The Hall–Kier alpha value is -0.120. The number of hydrogen-bond acceptors (Lipinski definition) is 3. The van der Waals surface area contributed by atoms with Gasteiger partial charge in [-0.25, -0.2) is 0 Å². The Morgan fingerprint density at radius 3 is 2.40 bits per heavy atom. The molecule has 1 saturated heterocycles. The average Bonchev–Trinajstić information content (AvgIpc) is 2.45. The van der Waals surface area contributed by atoms with Gasteiger partial charge in [-0.05, 0) is 52.4 Å². The van der Waals surface area contributed by atoms with Crippen LogP contribution in [0.1, 0.15) is 58.3 Å². The molecule has 1 atom stereocenters. The third-order valence-corrected chi connectivity index (χ3v) is 4.92. The number of likely N-dealkylation sites (N-methyl/N-ethyl adjacent to an activating group) is 1. The summed E-state index contributed by atoms with van der Waals surface area (Å²) >= 11 is 0. The van der Waals surface area contributed by atoms with Gasteiger partial charge in [-0.3, -0.25) is 0 Å². The van der Waals surface area contributed by atoms with Crippen molar-refractivity contribution in [3.8, 4) is 0 Å². The molecule has 0 spiro atoms. The van der Waals surface area contributed by atoms with E-state index in [-0.39, 0.29) is 0 Å². The molecule has 120 valence electrons. The van der Waals surface area contributed by atoms with Crippen LogP contribution in [0.2, 0.25) is 0 Å². The second-order valence-electron chi connectivity index (χ2n) is 6.78. The highest BCUT2D eigenvalue weighted by Crippen LogP contribution is 2.19. The maximum absolute atomic E-state index is 5.99. The fourth-order valence-electron chi connectivity index (χ4n) is 3.30. The number of unbranched alkanes of at least 4 members (excludes halogenated alkanes) is 4. The fourth-order valence-corrected chi connectivity index (χ4v) is 3.30. The second kappa shape index (κ2) is 10.6. The number of nitrogens with zero attached hydrogens (tertiary/aromatic N) is 2. The van der Waals surface area contributed by atoms with E-state index < -0.39 is 0 Å². The highest BCUT2D eigenvalue weighted by Gasteiger charge is 2.21. The molecule has 1 heterocycles. The van der Waals surface area contributed by atoms with E-state index in [2.05, 4.69) is 30.8 Å². The Morgan fingerprint density at radius 2 is 1.80 bits per heavy atom. The van der Waals surface area contributed by atoms with Crippen LogP contribution >= 0.6 is 0 Å². The van der Waals surface area contributed by atoms with Gasteiger partial charge in [-0.2, -0.15) is 0 Å². The molecule has 3 heteroatoms. The van der Waals surface area contributed by atoms with Gasteiger partial charge in [0, 0.05) is 19.1 Å². The third kappa shape index (κ3) is 7.05. The van der Waals surface area contributed by atoms with Crippen LogP contribution in [0, 0.1) is 5.92 Å². The Morgan fingerprint density at radius 1 is 1.15 bits per heavy atom. The zero-order valence-electron chi connectivity index (χ0n) is 14.1. The van der Waals surface area contributed by atoms with Crippen molar-refractivity contribution < 1.29 is 0 Å². The van der Waals surface area contributed by atoms with Crippen molar-refractivity contribution in [3.63, 3.8) is 0 Å². The van der Waals surface area contributed by atoms with Crippen LogP contribution in [0.4, 0.5) is 0 Å². The molecular formula is C17H37N3. The Kier molecular flexibility index (Phi) is 9.49. The van der Waals surface area contributed by atoms with Gasteiger partial charge >= 0.3 is 0 Å². The lowest BCUT2D eigenvalue weighted by Crippen LogP contribution is -2.42. The van der Waals surface area contributed by atoms with Gasteiger partial charge in [0.2, 0.25) is 0 Å². The fraction of sp³-hybridized carbons (Fsp3) is 1.00. The summed E-state index contributed by atoms with van der Waals surface area (Å²) in [6.45, 7) is 6.87. The van der Waals surface area contributed by atoms with Crippen molar-refractivity contribution in [1.82, 2.24) is 9.80 Å². The molecule has 1 unspecified atom stereocenters. The zero-order valence-corrected chi connectivity index (χ0v) is 14.1. The van der Waals surface area contributed by atoms with Crippen LogP contribution in [-0.4, -0.2) is 56.1 Å². The lowest BCUT2D eigenvalue weighted by atomic mass is 9.95. The van der Waals surface area contributed by atoms with E-state index in [1.807, 2.05) is 0 Å². The van der Waals surface area contributed by atoms with Crippen LogP contribution in [0.5, 0.6) is 0 Å². The molecule has 0 aromatic heterocycles. The van der Waals surface area contributed by atoms with Crippen LogP contribution in [0.25, 0.3) is 0 Å². The Balaban J connectivity index is 2.18. The summed E-state index contributed by atoms with van der Waals surface area (Å²) in [5.41, 5.74) is 5.99. The van der Waals surface area contributed by atoms with Crippen molar-refractivity contribution in [2.45, 2.75) is 64.3 Å². The predicted octanol–water partition coefficient (Wildman–Crippen LogP) is 2.95. The smallest absolute Gasteiger partial charge is 0.0215 e. The van der Waals surface area contributed by atoms with E-state index in [0.29, 0.717) is 6.04 Å². The summed E-state index contributed by atoms with van der Waals surface area (Å²) in [5, 5.41) is 0. The van der Waals surface area contributed by atoms with E-state index >= 15 is 0 Å². The predicted molar refractivity (Wildman–Crippen MR) is 89.1 cm³/mol. The van der Waals surface area contributed by atoms with Gasteiger partial charge in [0.15, 0.2) is 0 Å². The molecule has 0 radical (unpaired) electrons. The summed E-state index contributed by atoms with van der Waals surface area (Å²) in [5.74, 6) is 0.880. The maximum atomic E-state index is 5.99. The molecule has 1 fully saturated rings. The number of rotatable bonds is 10. The minimum Gasteiger partial charge on any atom is -0.329 e. The van der Waals surface area contributed by atoms with E-state index in [1.54, 1.807) is 0 Å². The van der Waals surface area contributed by atoms with E-state index in [1.165, 1.54) is 71.0 Å². The van der Waals surface area contributed by atoms with Crippen molar-refractivity contribution in [2.24, 2.45) is 11.7 Å². The quantitative estimate of drug-likeness (QED) is 0.626. The summed E-state index contributed by atoms with van der Waals surface area (Å²) in [6.07, 6.45) is 10.8. The molecule has 0 bridgehead atoms. The van der Waals surface area contributed by atoms with E-state index in [4.69, 9.17) is 5.73 Å². The first-order valence-electron chi connectivity index (χ1n) is 8.76. The molecule has 20 heavy (non-hydrogen) atoms. The van der Waals surface area contributed by atoms with Crippen LogP contribution in [0.3, 0.4) is 0 Å². The molecule has 0 aliphatic carbocycles. The SMILES string of the molecule is CCCCCCCC(CN)N(C)CC1CCN(C)CC1. The van der Waals surface area contributed by atoms with E-state index in [0.717, 1.165) is 12.5 Å². The summed E-state index contributed by atoms with van der Waals surface area (Å²) < 4.78 is 0. The standard InChI is InChI=1S/C17H37N3/c1-4-5-6-7-8-9-17(14-18)20(3)15-16-10-12-19(2)13-11-16/h16-17H,4-15,18H2,1-3H3. The number of likely N-dealkylation sites (tertiary alicyclic amines) is 1. The first kappa shape index (κ1) is 17.9. The Labute approximate surface area is 126 Å². The second-order valence-corrected chi connectivity index (χ2v) is 6.78. The van der Waals surface area contributed by atoms with Crippen molar-refractivity contribution >= 4 is 0 Å². The molecule has 1 aliphatic heterocycles. The molecule has 0 aromatic carbocycles. The van der Waals surface area contributed by atoms with Crippen LogP contribution < -0.4 is 5.73 Å². The number of piperidine rings is 1. The van der Waals surface area contributed by atoms with Gasteiger partial charge < -0.3 is 15.5 Å². The lowest BCUT2D eigenvalue weighted by Gasteiger charge is -2.34. The molecule has 0 saturated carbocycles. The first-order chi connectivity index (χ1) is 9.67. The lowest BCUT2D eigenvalue weighted by molar-refractivity contribution is 0.146. The molecule has 2 N–H and O–H groups in total. The largest absolute Gasteiger partial charge is 0.329 e. The number of nitrogens with two attached hydrogens (primary N) is 1. The van der Waals surface area contributed by atoms with Gasteiger partial charge in [0.1, 0.15) is 0 Å². The monoisotopic (exact) mass is 283 g/mol. The summed E-state index contributed by atoms with van der Waals surface area (Å²) in [4.78, 5) is 4.99. The molecule has 0 amide bonds. The van der Waals surface area contributed by atoms with Crippen LogP contribution in [-0.2, 0) is 0 Å². The summed E-state index contributed by atoms with van der Waals surface area (Å²) in [7, 11) is 4.51. The van der Waals surface area contributed by atoms with Gasteiger partial charge in [0.25, 0.3) is 0 Å². The van der Waals surface area contributed by atoms with Crippen molar-refractivity contribution in [2.75, 3.05) is 40.3 Å². The number of hydrogen-bond donors (Lipinski definition) is 1.